The summed E-state index contributed by atoms with van der Waals surface area (Å²) in [6.07, 6.45) is 1.73. The van der Waals surface area contributed by atoms with Crippen molar-refractivity contribution in [3.63, 3.8) is 0 Å². The molecular weight excluding hydrogens is 344 g/mol. The van der Waals surface area contributed by atoms with Gasteiger partial charge in [-0.2, -0.15) is 10.2 Å². The summed E-state index contributed by atoms with van der Waals surface area (Å²) in [6.45, 7) is 0. The molecule has 4 nitrogen and oxygen atoms in total. The van der Waals surface area contributed by atoms with Crippen LogP contribution in [0.25, 0.3) is 16.9 Å². The van der Waals surface area contributed by atoms with Gasteiger partial charge in [-0.05, 0) is 36.4 Å². The summed E-state index contributed by atoms with van der Waals surface area (Å²) in [5.41, 5.74) is 4.34. The number of nitrogens with zero attached hydrogens (tertiary/aromatic N) is 4. The fourth-order valence-corrected chi connectivity index (χ4v) is 2.79. The topological polar surface area (TPSA) is 42.5 Å². The lowest BCUT2D eigenvalue weighted by molar-refractivity contribution is 0.888. The summed E-state index contributed by atoms with van der Waals surface area (Å²) in [6, 6.07) is 27.3. The SMILES string of the molecule is Clc1ccc(N=Nc2cnn(-c3ccccc3)c2-c2ccccc2)cc1. The van der Waals surface area contributed by atoms with Gasteiger partial charge in [-0.3, -0.25) is 0 Å². The number of azo groups is 1. The minimum Gasteiger partial charge on any atom is -0.231 e. The Morgan fingerprint density at radius 2 is 1.38 bits per heavy atom. The standard InChI is InChI=1S/C21H15ClN4/c22-17-11-13-18(14-12-17)24-25-20-15-23-26(19-9-5-2-6-10-19)21(20)16-7-3-1-4-8-16/h1-15H. The van der Waals surface area contributed by atoms with Gasteiger partial charge in [0.2, 0.25) is 0 Å². The summed E-state index contributed by atoms with van der Waals surface area (Å²) < 4.78 is 1.88. The van der Waals surface area contributed by atoms with E-state index in [9.17, 15) is 0 Å². The first-order chi connectivity index (χ1) is 12.8. The molecule has 4 rings (SSSR count). The van der Waals surface area contributed by atoms with Crippen molar-refractivity contribution in [1.29, 1.82) is 0 Å². The number of rotatable bonds is 4. The molecule has 0 bridgehead atoms. The maximum atomic E-state index is 5.92. The molecular formula is C21H15ClN4. The third-order valence-electron chi connectivity index (χ3n) is 3.90. The van der Waals surface area contributed by atoms with Crippen LogP contribution >= 0.6 is 11.6 Å². The van der Waals surface area contributed by atoms with Gasteiger partial charge in [0.1, 0.15) is 11.4 Å². The quantitative estimate of drug-likeness (QED) is 0.378. The molecule has 1 aromatic heterocycles. The largest absolute Gasteiger partial charge is 0.231 e. The van der Waals surface area contributed by atoms with Gasteiger partial charge in [-0.1, -0.05) is 60.1 Å². The third kappa shape index (κ3) is 3.41. The number of benzene rings is 3. The van der Waals surface area contributed by atoms with Crippen molar-refractivity contribution in [2.24, 2.45) is 10.2 Å². The summed E-state index contributed by atoms with van der Waals surface area (Å²) in [5, 5.41) is 14.0. The Bertz CT molecular complexity index is 1020. The van der Waals surface area contributed by atoms with Gasteiger partial charge in [0.15, 0.2) is 0 Å². The highest BCUT2D eigenvalue weighted by molar-refractivity contribution is 6.30. The van der Waals surface area contributed by atoms with Crippen LogP contribution in [0, 0.1) is 0 Å². The van der Waals surface area contributed by atoms with Crippen LogP contribution in [0.1, 0.15) is 0 Å². The van der Waals surface area contributed by atoms with E-state index in [4.69, 9.17) is 11.6 Å². The first kappa shape index (κ1) is 16.2. The van der Waals surface area contributed by atoms with Crippen LogP contribution in [-0.2, 0) is 0 Å². The van der Waals surface area contributed by atoms with Crippen molar-refractivity contribution >= 4 is 23.0 Å². The third-order valence-corrected chi connectivity index (χ3v) is 4.15. The fraction of sp³-hybridized carbons (Fsp3) is 0. The summed E-state index contributed by atoms with van der Waals surface area (Å²) >= 11 is 5.92. The summed E-state index contributed by atoms with van der Waals surface area (Å²) in [5.74, 6) is 0. The van der Waals surface area contributed by atoms with Crippen molar-refractivity contribution in [2.45, 2.75) is 0 Å². The van der Waals surface area contributed by atoms with E-state index in [2.05, 4.69) is 15.3 Å². The second-order valence-corrected chi connectivity index (χ2v) is 6.10. The summed E-state index contributed by atoms with van der Waals surface area (Å²) in [7, 11) is 0. The number of hydrogen-bond acceptors (Lipinski definition) is 3. The van der Waals surface area contributed by atoms with Crippen LogP contribution in [0.3, 0.4) is 0 Å². The predicted molar refractivity (Wildman–Crippen MR) is 105 cm³/mol. The average Bonchev–Trinajstić information content (AvgIpc) is 3.13. The maximum Gasteiger partial charge on any atom is 0.132 e. The van der Waals surface area contributed by atoms with Gasteiger partial charge in [0.25, 0.3) is 0 Å². The van der Waals surface area contributed by atoms with Gasteiger partial charge in [-0.25, -0.2) is 4.68 Å². The van der Waals surface area contributed by atoms with Gasteiger partial charge in [0, 0.05) is 10.6 Å². The average molecular weight is 359 g/mol. The highest BCUT2D eigenvalue weighted by Gasteiger charge is 2.14. The zero-order valence-corrected chi connectivity index (χ0v) is 14.6. The van der Waals surface area contributed by atoms with Crippen molar-refractivity contribution in [2.75, 3.05) is 0 Å². The molecule has 0 saturated heterocycles. The molecule has 0 saturated carbocycles. The minimum absolute atomic E-state index is 0.672. The van der Waals surface area contributed by atoms with Crippen molar-refractivity contribution in [3.05, 3.63) is 96.1 Å². The van der Waals surface area contributed by atoms with Crippen LogP contribution in [0.15, 0.2) is 101 Å². The molecule has 26 heavy (non-hydrogen) atoms. The van der Waals surface area contributed by atoms with Crippen molar-refractivity contribution in [3.8, 4) is 16.9 Å². The second-order valence-electron chi connectivity index (χ2n) is 5.67. The van der Waals surface area contributed by atoms with E-state index >= 15 is 0 Å². The first-order valence-corrected chi connectivity index (χ1v) is 8.55. The minimum atomic E-state index is 0.672. The number of hydrogen-bond donors (Lipinski definition) is 0. The monoisotopic (exact) mass is 358 g/mol. The highest BCUT2D eigenvalue weighted by Crippen LogP contribution is 2.33. The Kier molecular flexibility index (Phi) is 4.58. The van der Waals surface area contributed by atoms with Crippen LogP contribution in [0.4, 0.5) is 11.4 Å². The van der Waals surface area contributed by atoms with Crippen molar-refractivity contribution in [1.82, 2.24) is 9.78 Å². The summed E-state index contributed by atoms with van der Waals surface area (Å²) in [4.78, 5) is 0. The Morgan fingerprint density at radius 1 is 0.731 bits per heavy atom. The lowest BCUT2D eigenvalue weighted by Gasteiger charge is -2.08. The van der Waals surface area contributed by atoms with Gasteiger partial charge in [-0.15, -0.1) is 5.11 Å². The zero-order valence-electron chi connectivity index (χ0n) is 13.8. The zero-order chi connectivity index (χ0) is 17.8. The fourth-order valence-electron chi connectivity index (χ4n) is 2.66. The Morgan fingerprint density at radius 3 is 2.08 bits per heavy atom. The molecule has 4 aromatic rings. The number of halogens is 1. The smallest absolute Gasteiger partial charge is 0.132 e. The Balaban J connectivity index is 1.80. The molecule has 5 heteroatoms. The molecule has 1 heterocycles. The van der Waals surface area contributed by atoms with Crippen LogP contribution in [-0.4, -0.2) is 9.78 Å². The normalized spacial score (nSPS) is 11.1. The Hall–Kier alpha value is -3.24. The van der Waals surface area contributed by atoms with E-state index in [0.29, 0.717) is 10.7 Å². The molecule has 0 aliphatic rings. The first-order valence-electron chi connectivity index (χ1n) is 8.17. The molecule has 126 valence electrons. The molecule has 0 spiro atoms. The van der Waals surface area contributed by atoms with Crippen LogP contribution < -0.4 is 0 Å². The lowest BCUT2D eigenvalue weighted by Crippen LogP contribution is -1.98. The highest BCUT2D eigenvalue weighted by atomic mass is 35.5. The van der Waals surface area contributed by atoms with E-state index in [0.717, 1.165) is 22.6 Å². The molecule has 0 amide bonds. The molecule has 0 radical (unpaired) electrons. The Labute approximate surface area is 156 Å². The van der Waals surface area contributed by atoms with Crippen molar-refractivity contribution < 1.29 is 0 Å². The lowest BCUT2D eigenvalue weighted by atomic mass is 10.1. The predicted octanol–water partition coefficient (Wildman–Crippen LogP) is 6.61. The molecule has 0 fully saturated rings. The van der Waals surface area contributed by atoms with Crippen LogP contribution in [0.5, 0.6) is 0 Å². The molecule has 0 aliphatic heterocycles. The molecule has 0 unspecified atom stereocenters. The second kappa shape index (κ2) is 7.33. The van der Waals surface area contributed by atoms with E-state index in [1.807, 2.05) is 77.5 Å². The maximum absolute atomic E-state index is 5.92. The van der Waals surface area contributed by atoms with Crippen LogP contribution in [0.2, 0.25) is 5.02 Å². The van der Waals surface area contributed by atoms with Gasteiger partial charge >= 0.3 is 0 Å². The number of para-hydroxylation sites is 1. The van der Waals surface area contributed by atoms with E-state index in [-0.39, 0.29) is 0 Å². The molecule has 0 N–H and O–H groups in total. The van der Waals surface area contributed by atoms with Gasteiger partial charge < -0.3 is 0 Å². The number of aromatic nitrogens is 2. The molecule has 3 aromatic carbocycles. The van der Waals surface area contributed by atoms with E-state index in [1.54, 1.807) is 18.3 Å². The van der Waals surface area contributed by atoms with Gasteiger partial charge in [0.05, 0.1) is 17.6 Å². The molecule has 0 aliphatic carbocycles. The van der Waals surface area contributed by atoms with E-state index < -0.39 is 0 Å². The molecule has 0 atom stereocenters. The van der Waals surface area contributed by atoms with E-state index in [1.165, 1.54) is 0 Å².